The lowest BCUT2D eigenvalue weighted by molar-refractivity contribution is 0.0695. The van der Waals surface area contributed by atoms with Crippen LogP contribution in [0.3, 0.4) is 0 Å². The molecular weight excluding hydrogens is 401 g/mol. The fraction of sp³-hybridized carbons (Fsp3) is 0.133. The average Bonchev–Trinajstić information content (AvgIpc) is 2.44. The number of anilines is 2. The van der Waals surface area contributed by atoms with Crippen LogP contribution in [-0.4, -0.2) is 41.2 Å². The van der Waals surface area contributed by atoms with E-state index in [1.54, 1.807) is 14.1 Å². The summed E-state index contributed by atoms with van der Waals surface area (Å²) in [6.07, 6.45) is 0. The zero-order chi connectivity index (χ0) is 19.0. The van der Waals surface area contributed by atoms with Crippen LogP contribution in [0.2, 0.25) is 0 Å². The number of nitrogens with zero attached hydrogens (tertiary/aromatic N) is 1. The molecule has 0 spiro atoms. The quantitative estimate of drug-likeness (QED) is 0.601. The van der Waals surface area contributed by atoms with E-state index in [2.05, 4.69) is 15.9 Å². The topological polar surface area (TPSA) is 137 Å². The first-order valence-corrected chi connectivity index (χ1v) is 7.54. The zero-order valence-corrected chi connectivity index (χ0v) is 14.6. The van der Waals surface area contributed by atoms with Gasteiger partial charge in [-0.05, 0) is 28.1 Å². The summed E-state index contributed by atoms with van der Waals surface area (Å²) in [6.45, 7) is 0. The van der Waals surface area contributed by atoms with Gasteiger partial charge >= 0.3 is 11.9 Å². The minimum Gasteiger partial charge on any atom is -0.478 e. The lowest BCUT2D eigenvalue weighted by Crippen LogP contribution is -2.25. The average molecular weight is 414 g/mol. The number of H-pyrrole nitrogens is 1. The lowest BCUT2D eigenvalue weighted by Gasteiger charge is -2.21. The standard InChI is InChI=1S/C15H13BrFN3O5/c1-20(2)7-4-5(17)3-6(16)8(7)9-10(14(22)23)12(18)19-13(21)11(9)15(24)25/h3-4H,1-2H3,(H,22,23)(H,24,25)(H3,18,19,21). The van der Waals surface area contributed by atoms with Crippen molar-refractivity contribution in [1.29, 1.82) is 0 Å². The molecule has 10 heteroatoms. The van der Waals surface area contributed by atoms with Crippen molar-refractivity contribution in [3.8, 4) is 11.1 Å². The van der Waals surface area contributed by atoms with E-state index in [1.165, 1.54) is 4.90 Å². The highest BCUT2D eigenvalue weighted by Gasteiger charge is 2.30. The molecule has 2 rings (SSSR count). The molecule has 0 fully saturated rings. The van der Waals surface area contributed by atoms with E-state index in [-0.39, 0.29) is 15.7 Å². The van der Waals surface area contributed by atoms with Crippen LogP contribution in [0.1, 0.15) is 20.7 Å². The number of carbonyl (C=O) groups is 2. The Labute approximate surface area is 148 Å². The first kappa shape index (κ1) is 18.5. The number of rotatable bonds is 4. The summed E-state index contributed by atoms with van der Waals surface area (Å²) < 4.78 is 13.9. The number of hydrogen-bond acceptors (Lipinski definition) is 5. The number of aromatic carboxylic acids is 2. The summed E-state index contributed by atoms with van der Waals surface area (Å²) in [7, 11) is 3.12. The van der Waals surface area contributed by atoms with E-state index in [0.717, 1.165) is 12.1 Å². The molecule has 0 unspecified atom stereocenters. The third-order valence-corrected chi connectivity index (χ3v) is 4.06. The van der Waals surface area contributed by atoms with Crippen LogP contribution in [0, 0.1) is 5.82 Å². The van der Waals surface area contributed by atoms with Gasteiger partial charge in [0.05, 0.1) is 0 Å². The Kier molecular flexibility index (Phi) is 4.84. The van der Waals surface area contributed by atoms with Crippen LogP contribution >= 0.6 is 15.9 Å². The second-order valence-corrected chi connectivity index (χ2v) is 6.13. The zero-order valence-electron chi connectivity index (χ0n) is 13.1. The van der Waals surface area contributed by atoms with Crippen LogP contribution in [0.5, 0.6) is 0 Å². The van der Waals surface area contributed by atoms with Crippen molar-refractivity contribution in [2.75, 3.05) is 24.7 Å². The molecule has 0 amide bonds. The van der Waals surface area contributed by atoms with Gasteiger partial charge in [-0.25, -0.2) is 14.0 Å². The Bertz CT molecular complexity index is 955. The van der Waals surface area contributed by atoms with Crippen molar-refractivity contribution in [3.05, 3.63) is 43.9 Å². The fourth-order valence-corrected chi connectivity index (χ4v) is 3.08. The number of carboxylic acid groups (broad SMARTS) is 2. The largest absolute Gasteiger partial charge is 0.478 e. The minimum atomic E-state index is -1.64. The molecule has 5 N–H and O–H groups in total. The fourth-order valence-electron chi connectivity index (χ4n) is 2.46. The van der Waals surface area contributed by atoms with Gasteiger partial charge in [0.15, 0.2) is 0 Å². The Hall–Kier alpha value is -2.88. The van der Waals surface area contributed by atoms with Crippen LogP contribution in [0.4, 0.5) is 15.9 Å². The highest BCUT2D eigenvalue weighted by molar-refractivity contribution is 9.10. The Morgan fingerprint density at radius 2 is 1.72 bits per heavy atom. The Morgan fingerprint density at radius 3 is 2.20 bits per heavy atom. The minimum absolute atomic E-state index is 0.0269. The number of pyridine rings is 1. The van der Waals surface area contributed by atoms with Crippen molar-refractivity contribution in [2.45, 2.75) is 0 Å². The highest BCUT2D eigenvalue weighted by atomic mass is 79.9. The molecule has 0 atom stereocenters. The number of halogens is 2. The Morgan fingerprint density at radius 1 is 1.16 bits per heavy atom. The predicted octanol–water partition coefficient (Wildman–Crippen LogP) is 1.99. The molecule has 132 valence electrons. The van der Waals surface area contributed by atoms with E-state index in [0.29, 0.717) is 0 Å². The van der Waals surface area contributed by atoms with Gasteiger partial charge < -0.3 is 25.8 Å². The number of aromatic nitrogens is 1. The Balaban J connectivity index is 3.15. The normalized spacial score (nSPS) is 10.6. The summed E-state index contributed by atoms with van der Waals surface area (Å²) >= 11 is 3.11. The monoisotopic (exact) mass is 413 g/mol. The van der Waals surface area contributed by atoms with E-state index < -0.39 is 45.8 Å². The molecule has 0 aliphatic rings. The van der Waals surface area contributed by atoms with Gasteiger partial charge in [0.1, 0.15) is 22.8 Å². The molecule has 25 heavy (non-hydrogen) atoms. The van der Waals surface area contributed by atoms with Crippen molar-refractivity contribution < 1.29 is 24.2 Å². The third-order valence-electron chi connectivity index (χ3n) is 3.44. The molecule has 8 nitrogen and oxygen atoms in total. The van der Waals surface area contributed by atoms with Crippen molar-refractivity contribution in [2.24, 2.45) is 0 Å². The lowest BCUT2D eigenvalue weighted by atomic mass is 9.93. The third kappa shape index (κ3) is 3.20. The predicted molar refractivity (Wildman–Crippen MR) is 92.8 cm³/mol. The summed E-state index contributed by atoms with van der Waals surface area (Å²) in [5.74, 6) is -4.31. The van der Waals surface area contributed by atoms with E-state index >= 15 is 0 Å². The molecular formula is C15H13BrFN3O5. The molecule has 1 aromatic carbocycles. The molecule has 0 radical (unpaired) electrons. The second-order valence-electron chi connectivity index (χ2n) is 5.28. The van der Waals surface area contributed by atoms with Gasteiger partial charge in [-0.2, -0.15) is 0 Å². The van der Waals surface area contributed by atoms with E-state index in [9.17, 15) is 29.0 Å². The number of carboxylic acids is 2. The second kappa shape index (κ2) is 6.55. The van der Waals surface area contributed by atoms with Crippen molar-refractivity contribution in [3.63, 3.8) is 0 Å². The summed E-state index contributed by atoms with van der Waals surface area (Å²) in [5, 5.41) is 18.9. The van der Waals surface area contributed by atoms with Gasteiger partial charge in [-0.1, -0.05) is 0 Å². The van der Waals surface area contributed by atoms with Crippen LogP contribution in [0.25, 0.3) is 11.1 Å². The molecule has 0 saturated heterocycles. The summed E-state index contributed by atoms with van der Waals surface area (Å²) in [6, 6.07) is 2.13. The molecule has 2 aromatic rings. The maximum absolute atomic E-state index is 13.8. The number of nitrogens with two attached hydrogens (primary N) is 1. The summed E-state index contributed by atoms with van der Waals surface area (Å²) in [5.41, 5.74) is 2.93. The molecule has 0 bridgehead atoms. The number of nitrogen functional groups attached to an aromatic ring is 1. The molecule has 1 heterocycles. The smallest absolute Gasteiger partial charge is 0.342 e. The van der Waals surface area contributed by atoms with Gasteiger partial charge in [0.2, 0.25) is 0 Å². The van der Waals surface area contributed by atoms with E-state index in [1.807, 2.05) is 4.98 Å². The number of benzene rings is 1. The first-order chi connectivity index (χ1) is 11.6. The molecule has 0 aliphatic heterocycles. The van der Waals surface area contributed by atoms with Crippen molar-refractivity contribution >= 4 is 39.4 Å². The summed E-state index contributed by atoms with van der Waals surface area (Å²) in [4.78, 5) is 38.8. The molecule has 0 aliphatic carbocycles. The van der Waals surface area contributed by atoms with Gasteiger partial charge in [0.25, 0.3) is 5.56 Å². The van der Waals surface area contributed by atoms with E-state index in [4.69, 9.17) is 5.73 Å². The molecule has 0 saturated carbocycles. The number of aromatic amines is 1. The highest BCUT2D eigenvalue weighted by Crippen LogP contribution is 2.41. The first-order valence-electron chi connectivity index (χ1n) is 6.75. The maximum Gasteiger partial charge on any atom is 0.342 e. The molecule has 1 aromatic heterocycles. The van der Waals surface area contributed by atoms with Crippen molar-refractivity contribution in [1.82, 2.24) is 4.98 Å². The van der Waals surface area contributed by atoms with Crippen LogP contribution in [0.15, 0.2) is 21.4 Å². The van der Waals surface area contributed by atoms with Gasteiger partial charge in [-0.15, -0.1) is 0 Å². The number of hydrogen-bond donors (Lipinski definition) is 4. The van der Waals surface area contributed by atoms with Crippen LogP contribution in [-0.2, 0) is 0 Å². The SMILES string of the molecule is CN(C)c1cc(F)cc(Br)c1-c1c(C(=O)O)c(N)[nH]c(=O)c1C(=O)O. The maximum atomic E-state index is 13.8. The van der Waals surface area contributed by atoms with Gasteiger partial charge in [0, 0.05) is 35.4 Å². The number of nitrogens with one attached hydrogen (secondary N) is 1. The van der Waals surface area contributed by atoms with Gasteiger partial charge in [-0.3, -0.25) is 4.79 Å². The van der Waals surface area contributed by atoms with Crippen LogP contribution < -0.4 is 16.2 Å².